The van der Waals surface area contributed by atoms with Crippen LogP contribution in [0.5, 0.6) is 5.75 Å². The molecule has 4 nitrogen and oxygen atoms in total. The number of nitrogens with zero attached hydrogens (tertiary/aromatic N) is 1. The molecule has 2 N–H and O–H groups in total. The Balaban J connectivity index is 0.00000529. The predicted octanol–water partition coefficient (Wildman–Crippen LogP) is 4.00. The minimum Gasteiger partial charge on any atom is -0.493 e. The van der Waals surface area contributed by atoms with Gasteiger partial charge in [0.15, 0.2) is 5.96 Å². The largest absolute Gasteiger partial charge is 0.493 e. The third-order valence-corrected chi connectivity index (χ3v) is 4.26. The molecule has 0 aliphatic heterocycles. The Hall–Kier alpha value is -0.630. The van der Waals surface area contributed by atoms with Crippen LogP contribution in [0.3, 0.4) is 0 Å². The van der Waals surface area contributed by atoms with E-state index in [1.54, 1.807) is 0 Å². The van der Waals surface area contributed by atoms with E-state index in [2.05, 4.69) is 53.9 Å². The van der Waals surface area contributed by atoms with Crippen molar-refractivity contribution in [1.82, 2.24) is 10.6 Å². The van der Waals surface area contributed by atoms with Crippen LogP contribution in [0.2, 0.25) is 0 Å². The molecule has 0 spiro atoms. The molecule has 0 bridgehead atoms. The Morgan fingerprint density at radius 1 is 1.08 bits per heavy atom. The minimum absolute atomic E-state index is 0. The summed E-state index contributed by atoms with van der Waals surface area (Å²) in [5.41, 5.74) is 2.39. The average Bonchev–Trinajstić information content (AvgIpc) is 2.54. The van der Waals surface area contributed by atoms with E-state index in [1.807, 2.05) is 18.8 Å². The molecule has 0 saturated heterocycles. The van der Waals surface area contributed by atoms with Crippen molar-refractivity contribution in [2.45, 2.75) is 33.1 Å². The van der Waals surface area contributed by atoms with E-state index in [0.717, 1.165) is 31.2 Å². The van der Waals surface area contributed by atoms with Crippen LogP contribution in [0.15, 0.2) is 23.2 Å². The van der Waals surface area contributed by atoms with E-state index in [4.69, 9.17) is 4.74 Å². The number of nitrogens with one attached hydrogen (secondary N) is 2. The van der Waals surface area contributed by atoms with Crippen LogP contribution in [0.4, 0.5) is 0 Å². The van der Waals surface area contributed by atoms with Crippen molar-refractivity contribution in [1.29, 1.82) is 0 Å². The number of ether oxygens (including phenoxy) is 1. The second-order valence-corrected chi connectivity index (χ2v) is 6.53. The Kier molecular flexibility index (Phi) is 14.3. The molecule has 0 atom stereocenters. The van der Waals surface area contributed by atoms with Gasteiger partial charge in [-0.1, -0.05) is 18.2 Å². The molecule has 0 aliphatic rings. The summed E-state index contributed by atoms with van der Waals surface area (Å²) in [6.07, 6.45) is 5.52. The summed E-state index contributed by atoms with van der Waals surface area (Å²) in [4.78, 5) is 4.24. The number of unbranched alkanes of at least 4 members (excludes halogenated alkanes) is 1. The molecule has 0 aliphatic carbocycles. The third-order valence-electron chi connectivity index (χ3n) is 3.56. The van der Waals surface area contributed by atoms with Gasteiger partial charge in [-0.2, -0.15) is 11.8 Å². The van der Waals surface area contributed by atoms with Gasteiger partial charge in [0.1, 0.15) is 5.75 Å². The number of guanidine groups is 1. The average molecular weight is 465 g/mol. The maximum atomic E-state index is 5.91. The molecular weight excluding hydrogens is 433 g/mol. The Morgan fingerprint density at radius 3 is 2.29 bits per heavy atom. The first-order chi connectivity index (χ1) is 11.2. The van der Waals surface area contributed by atoms with Crippen LogP contribution >= 0.6 is 35.7 Å². The fraction of sp³-hybridized carbons (Fsp3) is 0.611. The number of rotatable bonds is 10. The van der Waals surface area contributed by atoms with Gasteiger partial charge >= 0.3 is 0 Å². The summed E-state index contributed by atoms with van der Waals surface area (Å²) in [7, 11) is 1.81. The van der Waals surface area contributed by atoms with Gasteiger partial charge in [-0.3, -0.25) is 4.99 Å². The SMILES string of the molecule is CN=C(NCCCCSC)NCCCOc1c(C)cccc1C.I. The molecule has 1 aromatic carbocycles. The maximum Gasteiger partial charge on any atom is 0.190 e. The summed E-state index contributed by atoms with van der Waals surface area (Å²) in [6, 6.07) is 6.24. The van der Waals surface area contributed by atoms with Crippen molar-refractivity contribution >= 4 is 41.7 Å². The molecule has 0 heterocycles. The molecular formula is C18H32IN3OS. The van der Waals surface area contributed by atoms with Gasteiger partial charge in [-0.15, -0.1) is 24.0 Å². The zero-order valence-electron chi connectivity index (χ0n) is 15.4. The summed E-state index contributed by atoms with van der Waals surface area (Å²) in [5, 5.41) is 6.67. The smallest absolute Gasteiger partial charge is 0.190 e. The molecule has 0 fully saturated rings. The van der Waals surface area contributed by atoms with Crippen LogP contribution in [0.1, 0.15) is 30.4 Å². The number of thioether (sulfide) groups is 1. The normalized spacial score (nSPS) is 10.9. The van der Waals surface area contributed by atoms with E-state index in [1.165, 1.54) is 29.7 Å². The molecule has 138 valence electrons. The first kappa shape index (κ1) is 23.4. The molecule has 1 rings (SSSR count). The quantitative estimate of drug-likeness (QED) is 0.237. The van der Waals surface area contributed by atoms with E-state index in [0.29, 0.717) is 6.61 Å². The van der Waals surface area contributed by atoms with Gasteiger partial charge in [0, 0.05) is 20.1 Å². The lowest BCUT2D eigenvalue weighted by Crippen LogP contribution is -2.38. The maximum absolute atomic E-state index is 5.91. The van der Waals surface area contributed by atoms with Crippen LogP contribution in [0.25, 0.3) is 0 Å². The van der Waals surface area contributed by atoms with Gasteiger partial charge in [-0.25, -0.2) is 0 Å². The second-order valence-electron chi connectivity index (χ2n) is 5.55. The highest BCUT2D eigenvalue weighted by Crippen LogP contribution is 2.22. The minimum atomic E-state index is 0. The Bertz CT molecular complexity index is 463. The lowest BCUT2D eigenvalue weighted by Gasteiger charge is -2.14. The molecule has 0 aromatic heterocycles. The van der Waals surface area contributed by atoms with Gasteiger partial charge in [0.25, 0.3) is 0 Å². The fourth-order valence-corrected chi connectivity index (χ4v) is 2.77. The molecule has 0 radical (unpaired) electrons. The highest BCUT2D eigenvalue weighted by molar-refractivity contribution is 14.0. The van der Waals surface area contributed by atoms with E-state index in [-0.39, 0.29) is 24.0 Å². The summed E-state index contributed by atoms with van der Waals surface area (Å²) in [6.45, 7) is 6.71. The second kappa shape index (κ2) is 14.7. The fourth-order valence-electron chi connectivity index (χ4n) is 2.28. The van der Waals surface area contributed by atoms with Crippen molar-refractivity contribution in [2.75, 3.05) is 38.8 Å². The standard InChI is InChI=1S/C18H31N3OS.HI/c1-15-9-7-10-16(2)17(15)22-13-8-12-21-18(19-3)20-11-5-6-14-23-4;/h7,9-10H,5-6,8,11-14H2,1-4H3,(H2,19,20,21);1H. The number of halogens is 1. The van der Waals surface area contributed by atoms with Gasteiger partial charge in [0.2, 0.25) is 0 Å². The first-order valence-electron chi connectivity index (χ1n) is 8.31. The molecule has 0 unspecified atom stereocenters. The summed E-state index contributed by atoms with van der Waals surface area (Å²) < 4.78 is 5.91. The number of para-hydroxylation sites is 1. The molecule has 0 saturated carbocycles. The van der Waals surface area contributed by atoms with Crippen molar-refractivity contribution in [3.05, 3.63) is 29.3 Å². The van der Waals surface area contributed by atoms with Crippen molar-refractivity contribution in [2.24, 2.45) is 4.99 Å². The van der Waals surface area contributed by atoms with Crippen molar-refractivity contribution in [3.63, 3.8) is 0 Å². The number of benzene rings is 1. The Morgan fingerprint density at radius 2 is 1.71 bits per heavy atom. The van der Waals surface area contributed by atoms with Crippen LogP contribution in [-0.4, -0.2) is 44.7 Å². The van der Waals surface area contributed by atoms with E-state index < -0.39 is 0 Å². The van der Waals surface area contributed by atoms with Gasteiger partial charge in [0.05, 0.1) is 6.61 Å². The lowest BCUT2D eigenvalue weighted by molar-refractivity contribution is 0.307. The lowest BCUT2D eigenvalue weighted by atomic mass is 10.1. The van der Waals surface area contributed by atoms with E-state index in [9.17, 15) is 0 Å². The van der Waals surface area contributed by atoms with Crippen molar-refractivity contribution in [3.8, 4) is 5.75 Å². The molecule has 24 heavy (non-hydrogen) atoms. The predicted molar refractivity (Wildman–Crippen MR) is 118 cm³/mol. The zero-order chi connectivity index (χ0) is 16.9. The monoisotopic (exact) mass is 465 g/mol. The third kappa shape index (κ3) is 9.61. The number of hydrogen-bond acceptors (Lipinski definition) is 3. The highest BCUT2D eigenvalue weighted by atomic mass is 127. The summed E-state index contributed by atoms with van der Waals surface area (Å²) >= 11 is 1.90. The summed E-state index contributed by atoms with van der Waals surface area (Å²) in [5.74, 6) is 3.12. The number of aliphatic imine (C=N–C) groups is 1. The Labute approximate surface area is 168 Å². The van der Waals surface area contributed by atoms with E-state index >= 15 is 0 Å². The zero-order valence-corrected chi connectivity index (χ0v) is 18.5. The van der Waals surface area contributed by atoms with Gasteiger partial charge in [-0.05, 0) is 56.2 Å². The van der Waals surface area contributed by atoms with Crippen LogP contribution in [0, 0.1) is 13.8 Å². The molecule has 1 aromatic rings. The topological polar surface area (TPSA) is 45.7 Å². The molecule has 6 heteroatoms. The number of hydrogen-bond donors (Lipinski definition) is 2. The molecule has 0 amide bonds. The highest BCUT2D eigenvalue weighted by Gasteiger charge is 2.03. The number of aryl methyl sites for hydroxylation is 2. The van der Waals surface area contributed by atoms with Gasteiger partial charge < -0.3 is 15.4 Å². The van der Waals surface area contributed by atoms with Crippen molar-refractivity contribution < 1.29 is 4.74 Å². The van der Waals surface area contributed by atoms with Crippen LogP contribution < -0.4 is 15.4 Å². The first-order valence-corrected chi connectivity index (χ1v) is 9.71. The van der Waals surface area contributed by atoms with Crippen LogP contribution in [-0.2, 0) is 0 Å².